The van der Waals surface area contributed by atoms with Crippen LogP contribution >= 0.6 is 21.6 Å². The third-order valence-corrected chi connectivity index (χ3v) is 10.5. The van der Waals surface area contributed by atoms with Crippen molar-refractivity contribution < 1.29 is 52.3 Å². The van der Waals surface area contributed by atoms with Crippen molar-refractivity contribution in [3.8, 4) is 0 Å². The first-order valence-electron chi connectivity index (χ1n) is 16.3. The molecule has 2 saturated heterocycles. The summed E-state index contributed by atoms with van der Waals surface area (Å²) in [5.41, 5.74) is 0. The Bertz CT molecular complexity index is 949. The van der Waals surface area contributed by atoms with Crippen LogP contribution in [-0.2, 0) is 52.3 Å². The number of nitrogens with one attached hydrogen (secondary N) is 1. The van der Waals surface area contributed by atoms with E-state index in [1.165, 1.54) is 39.9 Å². The van der Waals surface area contributed by atoms with Gasteiger partial charge in [0.15, 0.2) is 18.0 Å². The standard InChI is InChI=1S/C32H55NO11S2/c1-21(2)19-39-14-13-38-15-16-41-32(18-22(3)10-8-9-11-27-12-17-45-46-27)31(33-23(4)34)30(43-26(7)37)29(42-25(6)36)28(44-32)20-40-24(5)35/h21-22,27-31H,8-20H2,1-7H3,(H,33,34)/t22?,27-,28?,29?,30?,31?,32?/m1/s1. The molecule has 1 amide bonds. The van der Waals surface area contributed by atoms with Crippen molar-refractivity contribution in [2.75, 3.05) is 45.4 Å². The molecule has 7 atom stereocenters. The zero-order chi connectivity index (χ0) is 34.1. The number of unbranched alkanes of at least 4 members (excludes halogenated alkanes) is 1. The van der Waals surface area contributed by atoms with Gasteiger partial charge in [0.1, 0.15) is 18.8 Å². The van der Waals surface area contributed by atoms with Gasteiger partial charge in [-0.05, 0) is 24.7 Å². The average Bonchev–Trinajstić information content (AvgIpc) is 3.48. The molecule has 2 aliphatic heterocycles. The lowest BCUT2D eigenvalue weighted by Gasteiger charge is -2.52. The number of hydrogen-bond acceptors (Lipinski definition) is 13. The Morgan fingerprint density at radius 2 is 1.57 bits per heavy atom. The summed E-state index contributed by atoms with van der Waals surface area (Å²) >= 11 is 0. The highest BCUT2D eigenvalue weighted by Crippen LogP contribution is 2.41. The van der Waals surface area contributed by atoms with Gasteiger partial charge in [-0.15, -0.1) is 0 Å². The minimum atomic E-state index is -1.54. The summed E-state index contributed by atoms with van der Waals surface area (Å²) in [5.74, 6) is -2.15. The van der Waals surface area contributed by atoms with Crippen LogP contribution in [0.3, 0.4) is 0 Å². The van der Waals surface area contributed by atoms with Crippen molar-refractivity contribution in [2.45, 2.75) is 122 Å². The van der Waals surface area contributed by atoms with E-state index >= 15 is 0 Å². The minimum Gasteiger partial charge on any atom is -0.463 e. The maximum atomic E-state index is 12.6. The molecule has 1 N–H and O–H groups in total. The van der Waals surface area contributed by atoms with Crippen molar-refractivity contribution >= 4 is 45.4 Å². The molecule has 0 aliphatic carbocycles. The third-order valence-electron chi connectivity index (χ3n) is 7.49. The van der Waals surface area contributed by atoms with Crippen LogP contribution in [0.1, 0.15) is 87.0 Å². The maximum absolute atomic E-state index is 12.6. The van der Waals surface area contributed by atoms with E-state index in [0.29, 0.717) is 37.4 Å². The van der Waals surface area contributed by atoms with Gasteiger partial charge in [-0.3, -0.25) is 19.2 Å². The molecule has 0 saturated carbocycles. The molecule has 266 valence electrons. The number of rotatable bonds is 21. The number of ether oxygens (including phenoxy) is 7. The van der Waals surface area contributed by atoms with Gasteiger partial charge >= 0.3 is 17.9 Å². The molecule has 0 radical (unpaired) electrons. The number of carbonyl (C=O) groups is 4. The maximum Gasteiger partial charge on any atom is 0.303 e. The number of hydrogen-bond donors (Lipinski definition) is 1. The van der Waals surface area contributed by atoms with Crippen LogP contribution in [0.4, 0.5) is 0 Å². The third kappa shape index (κ3) is 15.1. The molecule has 2 heterocycles. The summed E-state index contributed by atoms with van der Waals surface area (Å²) in [4.78, 5) is 49.1. The molecule has 2 fully saturated rings. The highest BCUT2D eigenvalue weighted by molar-refractivity contribution is 8.77. The molecule has 0 aromatic carbocycles. The smallest absolute Gasteiger partial charge is 0.303 e. The first kappa shape index (κ1) is 40.6. The minimum absolute atomic E-state index is 0.0600. The molecular weight excluding hydrogens is 638 g/mol. The fraction of sp³-hybridized carbons (Fsp3) is 0.875. The van der Waals surface area contributed by atoms with Gasteiger partial charge < -0.3 is 38.5 Å². The lowest BCUT2D eigenvalue weighted by Crippen LogP contribution is -2.72. The summed E-state index contributed by atoms with van der Waals surface area (Å²) < 4.78 is 41.1. The van der Waals surface area contributed by atoms with Gasteiger partial charge in [-0.1, -0.05) is 61.6 Å². The molecule has 2 aliphatic rings. The molecule has 0 aromatic rings. The summed E-state index contributed by atoms with van der Waals surface area (Å²) in [6, 6.07) is -1.06. The highest BCUT2D eigenvalue weighted by Gasteiger charge is 2.59. The van der Waals surface area contributed by atoms with Gasteiger partial charge in [0.2, 0.25) is 5.91 Å². The Morgan fingerprint density at radius 1 is 0.891 bits per heavy atom. The Hall–Kier alpha value is -1.58. The van der Waals surface area contributed by atoms with Crippen LogP contribution < -0.4 is 5.32 Å². The molecule has 12 nitrogen and oxygen atoms in total. The molecule has 6 unspecified atom stereocenters. The van der Waals surface area contributed by atoms with E-state index in [1.54, 1.807) is 0 Å². The molecule has 2 rings (SSSR count). The predicted molar refractivity (Wildman–Crippen MR) is 176 cm³/mol. The van der Waals surface area contributed by atoms with Crippen LogP contribution in [0.15, 0.2) is 0 Å². The van der Waals surface area contributed by atoms with E-state index in [2.05, 4.69) is 26.1 Å². The van der Waals surface area contributed by atoms with Crippen molar-refractivity contribution in [1.29, 1.82) is 0 Å². The van der Waals surface area contributed by atoms with E-state index in [-0.39, 0.29) is 25.7 Å². The van der Waals surface area contributed by atoms with Crippen LogP contribution in [0.25, 0.3) is 0 Å². The lowest BCUT2D eigenvalue weighted by molar-refractivity contribution is -0.344. The van der Waals surface area contributed by atoms with Gasteiger partial charge in [-0.25, -0.2) is 0 Å². The Balaban J connectivity index is 2.34. The molecule has 0 aromatic heterocycles. The van der Waals surface area contributed by atoms with E-state index in [0.717, 1.165) is 25.7 Å². The van der Waals surface area contributed by atoms with Crippen LogP contribution in [0.2, 0.25) is 0 Å². The predicted octanol–water partition coefficient (Wildman–Crippen LogP) is 4.46. The zero-order valence-electron chi connectivity index (χ0n) is 28.5. The van der Waals surface area contributed by atoms with Gasteiger partial charge in [0.05, 0.1) is 26.4 Å². The van der Waals surface area contributed by atoms with Crippen molar-refractivity contribution in [2.24, 2.45) is 11.8 Å². The molecule has 0 bridgehead atoms. The monoisotopic (exact) mass is 693 g/mol. The fourth-order valence-electron chi connectivity index (χ4n) is 5.64. The number of esters is 3. The second-order valence-electron chi connectivity index (χ2n) is 12.4. The Kier molecular flexibility index (Phi) is 18.9. The van der Waals surface area contributed by atoms with Crippen LogP contribution in [0.5, 0.6) is 0 Å². The average molecular weight is 694 g/mol. The van der Waals surface area contributed by atoms with Gasteiger partial charge in [0, 0.05) is 51.7 Å². The Morgan fingerprint density at radius 3 is 2.17 bits per heavy atom. The summed E-state index contributed by atoms with van der Waals surface area (Å²) in [7, 11) is 3.91. The van der Waals surface area contributed by atoms with Gasteiger partial charge in [-0.2, -0.15) is 0 Å². The molecule has 0 spiro atoms. The molecule has 46 heavy (non-hydrogen) atoms. The quantitative estimate of drug-likeness (QED) is 0.0783. The van der Waals surface area contributed by atoms with Crippen molar-refractivity contribution in [3.63, 3.8) is 0 Å². The van der Waals surface area contributed by atoms with Crippen LogP contribution in [0, 0.1) is 11.8 Å². The summed E-state index contributed by atoms with van der Waals surface area (Å²) in [6.45, 7) is 12.7. The number of amides is 1. The summed E-state index contributed by atoms with van der Waals surface area (Å²) in [5, 5.41) is 3.57. The molecular formula is C32H55NO11S2. The van der Waals surface area contributed by atoms with Crippen molar-refractivity contribution in [3.05, 3.63) is 0 Å². The summed E-state index contributed by atoms with van der Waals surface area (Å²) in [6.07, 6.45) is 2.23. The van der Waals surface area contributed by atoms with Gasteiger partial charge in [0.25, 0.3) is 0 Å². The fourth-order valence-corrected chi connectivity index (χ4v) is 8.66. The second-order valence-corrected chi connectivity index (χ2v) is 15.2. The first-order chi connectivity index (χ1) is 21.8. The highest BCUT2D eigenvalue weighted by atomic mass is 33.1. The lowest BCUT2D eigenvalue weighted by atomic mass is 9.83. The number of carbonyl (C=O) groups excluding carboxylic acids is 4. The first-order valence-corrected chi connectivity index (χ1v) is 18.7. The zero-order valence-corrected chi connectivity index (χ0v) is 30.2. The SMILES string of the molecule is CC(=O)NC1C(OC(C)=O)C(OC(C)=O)C(COC(C)=O)OC1(CC(C)CCCC[C@@H]1CCSS1)OCCOCCOCC(C)C. The largest absolute Gasteiger partial charge is 0.463 e. The Labute approximate surface area is 282 Å². The van der Waals surface area contributed by atoms with E-state index in [1.807, 2.05) is 21.6 Å². The van der Waals surface area contributed by atoms with E-state index < -0.39 is 54.0 Å². The van der Waals surface area contributed by atoms with E-state index in [9.17, 15) is 19.2 Å². The van der Waals surface area contributed by atoms with Crippen LogP contribution in [-0.4, -0.2) is 105 Å². The normalized spacial score (nSPS) is 26.8. The van der Waals surface area contributed by atoms with E-state index in [4.69, 9.17) is 33.2 Å². The second kappa shape index (κ2) is 21.4. The van der Waals surface area contributed by atoms with Crippen molar-refractivity contribution in [1.82, 2.24) is 5.32 Å². The molecule has 14 heteroatoms. The topological polar surface area (TPSA) is 145 Å².